The van der Waals surface area contributed by atoms with Crippen molar-refractivity contribution >= 4 is 5.91 Å². The molecule has 8 nitrogen and oxygen atoms in total. The Morgan fingerprint density at radius 1 is 1.21 bits per heavy atom. The Kier molecular flexibility index (Phi) is 8.41. The van der Waals surface area contributed by atoms with Gasteiger partial charge in [0.05, 0.1) is 24.9 Å². The molecule has 0 bridgehead atoms. The first-order chi connectivity index (χ1) is 16.1. The average Bonchev–Trinajstić information content (AvgIpc) is 3.32. The number of hydrogen-bond acceptors (Lipinski definition) is 6. The van der Waals surface area contributed by atoms with E-state index < -0.39 is 6.10 Å². The van der Waals surface area contributed by atoms with Crippen molar-refractivity contribution in [3.05, 3.63) is 36.3 Å². The summed E-state index contributed by atoms with van der Waals surface area (Å²) in [7, 11) is 0. The van der Waals surface area contributed by atoms with Crippen molar-refractivity contribution in [1.29, 1.82) is 0 Å². The number of benzene rings is 1. The summed E-state index contributed by atoms with van der Waals surface area (Å²) in [5, 5.41) is 21.2. The number of hydrogen-bond donors (Lipinski definition) is 2. The summed E-state index contributed by atoms with van der Waals surface area (Å²) in [4.78, 5) is 14.8. The van der Waals surface area contributed by atoms with Crippen LogP contribution in [-0.2, 0) is 16.1 Å². The van der Waals surface area contributed by atoms with E-state index in [9.17, 15) is 14.3 Å². The lowest BCUT2D eigenvalue weighted by molar-refractivity contribution is -0.129. The van der Waals surface area contributed by atoms with Crippen LogP contribution >= 0.6 is 0 Å². The van der Waals surface area contributed by atoms with Crippen molar-refractivity contribution in [3.63, 3.8) is 0 Å². The molecule has 2 aromatic rings. The number of piperidine rings is 1. The van der Waals surface area contributed by atoms with E-state index in [1.165, 1.54) is 31.4 Å². The highest BCUT2D eigenvalue weighted by Crippen LogP contribution is 2.23. The number of aliphatic hydroxyl groups is 1. The second-order valence-electron chi connectivity index (χ2n) is 9.05. The standard InChI is InChI=1S/C24H34FN5O3/c25-19-6-4-5-18(15-19)22-16-30(28-27-22)14-9-20-7-8-21(23(17-31)33-20)26-24(32)10-13-29-11-2-1-3-12-29/h4-6,15-16,20-21,23,31H,1-3,7-14,17H2,(H,26,32)/t20-,21+,23+/m0/s1. The van der Waals surface area contributed by atoms with E-state index in [0.29, 0.717) is 24.2 Å². The van der Waals surface area contributed by atoms with Crippen LogP contribution in [0.15, 0.2) is 30.5 Å². The predicted molar refractivity (Wildman–Crippen MR) is 122 cm³/mol. The smallest absolute Gasteiger partial charge is 0.221 e. The van der Waals surface area contributed by atoms with Crippen LogP contribution in [0.2, 0.25) is 0 Å². The quantitative estimate of drug-likeness (QED) is 0.598. The first-order valence-corrected chi connectivity index (χ1v) is 12.0. The van der Waals surface area contributed by atoms with Crippen molar-refractivity contribution in [2.24, 2.45) is 0 Å². The first-order valence-electron chi connectivity index (χ1n) is 12.0. The van der Waals surface area contributed by atoms with Crippen LogP contribution in [0.25, 0.3) is 11.3 Å². The lowest BCUT2D eigenvalue weighted by Gasteiger charge is -2.36. The highest BCUT2D eigenvalue weighted by Gasteiger charge is 2.31. The summed E-state index contributed by atoms with van der Waals surface area (Å²) in [5.74, 6) is -0.278. The van der Waals surface area contributed by atoms with Crippen LogP contribution in [-0.4, -0.2) is 75.4 Å². The zero-order valence-electron chi connectivity index (χ0n) is 19.0. The van der Waals surface area contributed by atoms with E-state index in [0.717, 1.165) is 38.9 Å². The van der Waals surface area contributed by atoms with Gasteiger partial charge in [0.1, 0.15) is 17.6 Å². The van der Waals surface area contributed by atoms with Crippen LogP contribution < -0.4 is 5.32 Å². The number of carbonyl (C=O) groups excluding carboxylic acids is 1. The fourth-order valence-corrected chi connectivity index (χ4v) is 4.69. The minimum absolute atomic E-state index is 0.0227. The van der Waals surface area contributed by atoms with Crippen molar-refractivity contribution in [1.82, 2.24) is 25.2 Å². The summed E-state index contributed by atoms with van der Waals surface area (Å²) in [6.07, 6.45) is 7.87. The molecule has 2 aliphatic heterocycles. The third kappa shape index (κ3) is 6.82. The maximum atomic E-state index is 13.4. The van der Waals surface area contributed by atoms with Crippen LogP contribution in [0, 0.1) is 5.82 Å². The number of amides is 1. The van der Waals surface area contributed by atoms with E-state index in [2.05, 4.69) is 20.5 Å². The Bertz CT molecular complexity index is 902. The SMILES string of the molecule is O=C(CCN1CCCCC1)N[C@@H]1CC[C@@H](CCn2cc(-c3cccc(F)c3)nn2)O[C@@H]1CO. The minimum atomic E-state index is -0.402. The monoisotopic (exact) mass is 459 g/mol. The fourth-order valence-electron chi connectivity index (χ4n) is 4.69. The molecular weight excluding hydrogens is 425 g/mol. The molecule has 3 atom stereocenters. The molecule has 2 saturated heterocycles. The Labute approximate surface area is 194 Å². The molecule has 2 fully saturated rings. The van der Waals surface area contributed by atoms with Gasteiger partial charge in [0.2, 0.25) is 5.91 Å². The molecule has 0 aliphatic carbocycles. The third-order valence-electron chi connectivity index (χ3n) is 6.58. The maximum absolute atomic E-state index is 13.4. The zero-order valence-corrected chi connectivity index (χ0v) is 19.0. The van der Waals surface area contributed by atoms with Gasteiger partial charge in [-0.15, -0.1) is 5.10 Å². The van der Waals surface area contributed by atoms with Gasteiger partial charge >= 0.3 is 0 Å². The number of rotatable bonds is 9. The number of aryl methyl sites for hydroxylation is 1. The van der Waals surface area contributed by atoms with Gasteiger partial charge < -0.3 is 20.1 Å². The number of ether oxygens (including phenoxy) is 1. The summed E-state index contributed by atoms with van der Waals surface area (Å²) >= 11 is 0. The molecule has 2 N–H and O–H groups in total. The number of nitrogens with one attached hydrogen (secondary N) is 1. The lowest BCUT2D eigenvalue weighted by Crippen LogP contribution is -2.51. The van der Waals surface area contributed by atoms with E-state index >= 15 is 0 Å². The molecule has 1 aromatic carbocycles. The van der Waals surface area contributed by atoms with Gasteiger partial charge in [-0.25, -0.2) is 4.39 Å². The zero-order chi connectivity index (χ0) is 23.0. The average molecular weight is 460 g/mol. The van der Waals surface area contributed by atoms with Gasteiger partial charge in [0.15, 0.2) is 0 Å². The minimum Gasteiger partial charge on any atom is -0.394 e. The highest BCUT2D eigenvalue weighted by atomic mass is 19.1. The summed E-state index contributed by atoms with van der Waals surface area (Å²) in [6.45, 7) is 3.44. The van der Waals surface area contributed by atoms with E-state index in [-0.39, 0.29) is 30.5 Å². The molecule has 9 heteroatoms. The highest BCUT2D eigenvalue weighted by molar-refractivity contribution is 5.76. The normalized spacial score (nSPS) is 24.0. The summed E-state index contributed by atoms with van der Waals surface area (Å²) < 4.78 is 21.3. The van der Waals surface area contributed by atoms with Gasteiger partial charge in [0, 0.05) is 25.1 Å². The Morgan fingerprint density at radius 3 is 2.85 bits per heavy atom. The van der Waals surface area contributed by atoms with Crippen molar-refractivity contribution in [2.75, 3.05) is 26.2 Å². The molecule has 0 spiro atoms. The molecule has 1 aromatic heterocycles. The van der Waals surface area contributed by atoms with Gasteiger partial charge in [-0.1, -0.05) is 23.8 Å². The van der Waals surface area contributed by atoms with Gasteiger partial charge in [-0.05, 0) is 57.3 Å². The molecule has 180 valence electrons. The van der Waals surface area contributed by atoms with Crippen molar-refractivity contribution < 1.29 is 19.0 Å². The molecule has 3 heterocycles. The van der Waals surface area contributed by atoms with Crippen LogP contribution in [0.1, 0.15) is 44.9 Å². The van der Waals surface area contributed by atoms with Crippen LogP contribution in [0.3, 0.4) is 0 Å². The molecule has 1 amide bonds. The second kappa shape index (κ2) is 11.7. The second-order valence-corrected chi connectivity index (χ2v) is 9.05. The first kappa shape index (κ1) is 23.8. The van der Waals surface area contributed by atoms with Gasteiger partial charge in [-0.3, -0.25) is 9.48 Å². The summed E-state index contributed by atoms with van der Waals surface area (Å²) in [5.41, 5.74) is 1.31. The van der Waals surface area contributed by atoms with Crippen molar-refractivity contribution in [2.45, 2.75) is 69.7 Å². The predicted octanol–water partition coefficient (Wildman–Crippen LogP) is 2.38. The van der Waals surface area contributed by atoms with E-state index in [1.54, 1.807) is 23.0 Å². The Hall–Kier alpha value is -2.36. The van der Waals surface area contributed by atoms with Crippen LogP contribution in [0.4, 0.5) is 4.39 Å². The summed E-state index contributed by atoms with van der Waals surface area (Å²) in [6, 6.07) is 6.12. The molecule has 33 heavy (non-hydrogen) atoms. The molecule has 0 unspecified atom stereocenters. The fraction of sp³-hybridized carbons (Fsp3) is 0.625. The number of likely N-dealkylation sites (tertiary alicyclic amines) is 1. The Balaban J connectivity index is 1.21. The van der Waals surface area contributed by atoms with E-state index in [4.69, 9.17) is 4.74 Å². The number of nitrogens with zero attached hydrogens (tertiary/aromatic N) is 4. The van der Waals surface area contributed by atoms with E-state index in [1.807, 2.05) is 0 Å². The van der Waals surface area contributed by atoms with Gasteiger partial charge in [-0.2, -0.15) is 0 Å². The number of aromatic nitrogens is 3. The molecular formula is C24H34FN5O3. The van der Waals surface area contributed by atoms with Crippen LogP contribution in [0.5, 0.6) is 0 Å². The number of aliphatic hydroxyl groups excluding tert-OH is 1. The molecule has 0 saturated carbocycles. The van der Waals surface area contributed by atoms with Crippen molar-refractivity contribution in [3.8, 4) is 11.3 Å². The topological polar surface area (TPSA) is 92.5 Å². The lowest BCUT2D eigenvalue weighted by atomic mass is 9.97. The number of halogens is 1. The molecule has 2 aliphatic rings. The molecule has 4 rings (SSSR count). The number of carbonyl (C=O) groups is 1. The Morgan fingerprint density at radius 2 is 2.06 bits per heavy atom. The largest absolute Gasteiger partial charge is 0.394 e. The third-order valence-corrected chi connectivity index (χ3v) is 6.58. The van der Waals surface area contributed by atoms with Gasteiger partial charge in [0.25, 0.3) is 0 Å². The maximum Gasteiger partial charge on any atom is 0.221 e. The molecule has 0 radical (unpaired) electrons.